The molecular weight excluding hydrogens is 733 g/mol. The smallest absolute Gasteiger partial charge is 0.390 e. The van der Waals surface area contributed by atoms with Crippen LogP contribution in [0.15, 0.2) is 182 Å². The minimum absolute atomic E-state index is 1.05. The summed E-state index contributed by atoms with van der Waals surface area (Å²) in [5.41, 5.74) is 0. The van der Waals surface area contributed by atoms with Gasteiger partial charge in [0.2, 0.25) is 0 Å². The van der Waals surface area contributed by atoms with E-state index in [9.17, 15) is 0 Å². The van der Waals surface area contributed by atoms with Gasteiger partial charge in [0.15, 0.2) is 16.6 Å². The third kappa shape index (κ3) is 7.14. The zero-order valence-electron chi connectivity index (χ0n) is 30.7. The molecule has 0 N–H and O–H groups in total. The van der Waals surface area contributed by atoms with E-state index in [1.165, 1.54) is 12.8 Å². The number of hydrogen-bond donors (Lipinski definition) is 0. The summed E-state index contributed by atoms with van der Waals surface area (Å²) in [5, 5.41) is 6.51. The molecule has 268 valence electrons. The standard InChI is InChI=1S/C44H48O4Si5/c1-49(35-21-36-49)45-51(39-23-9-3-10-24-39,40-25-11-4-12-26-40)47-53(43-31-17-7-18-32-43,44-33-19-8-20-34-44)48-52(41-27-13-5-14-28-41,42-29-15-6-16-30-42)46-50(2)37-22-38-50/h3-20,23-34H,21-22,35-38H2,1-2H3. The van der Waals surface area contributed by atoms with Gasteiger partial charge in [-0.1, -0.05) is 195 Å². The van der Waals surface area contributed by atoms with Crippen molar-refractivity contribution in [1.82, 2.24) is 0 Å². The molecule has 0 amide bonds. The third-order valence-corrected chi connectivity index (χ3v) is 34.1. The Labute approximate surface area is 320 Å². The van der Waals surface area contributed by atoms with Gasteiger partial charge in [-0.3, -0.25) is 0 Å². The van der Waals surface area contributed by atoms with Gasteiger partial charge in [0.05, 0.1) is 0 Å². The first-order chi connectivity index (χ1) is 25.9. The van der Waals surface area contributed by atoms with E-state index in [1.54, 1.807) is 0 Å². The van der Waals surface area contributed by atoms with Crippen molar-refractivity contribution in [3.05, 3.63) is 182 Å². The SMILES string of the molecule is C[Si]1(O[Si](O[Si](O[Si](O[Si]2(C)CCC2)(c2ccccc2)c2ccccc2)(c2ccccc2)c2ccccc2)(c2ccccc2)c2ccccc2)CCC1. The fraction of sp³-hybridized carbons (Fsp3) is 0.182. The molecule has 0 aliphatic carbocycles. The first-order valence-electron chi connectivity index (χ1n) is 19.0. The van der Waals surface area contributed by atoms with Crippen molar-refractivity contribution in [1.29, 1.82) is 0 Å². The summed E-state index contributed by atoms with van der Waals surface area (Å²) in [5.74, 6) is 0. The van der Waals surface area contributed by atoms with Crippen molar-refractivity contribution in [2.24, 2.45) is 0 Å². The second-order valence-corrected chi connectivity index (χ2v) is 33.3. The number of benzene rings is 6. The van der Waals surface area contributed by atoms with Crippen LogP contribution < -0.4 is 31.1 Å². The molecule has 53 heavy (non-hydrogen) atoms. The Morgan fingerprint density at radius 2 is 0.528 bits per heavy atom. The minimum Gasteiger partial charge on any atom is -0.430 e. The number of rotatable bonds is 14. The molecule has 6 aromatic rings. The van der Waals surface area contributed by atoms with Gasteiger partial charge in [-0.05, 0) is 68.4 Å². The van der Waals surface area contributed by atoms with Gasteiger partial charge in [-0.15, -0.1) is 0 Å². The Hall–Kier alpha value is -3.76. The number of hydrogen-bond acceptors (Lipinski definition) is 4. The van der Waals surface area contributed by atoms with Gasteiger partial charge in [-0.2, -0.15) is 0 Å². The molecule has 2 saturated heterocycles. The molecule has 0 radical (unpaired) electrons. The summed E-state index contributed by atoms with van der Waals surface area (Å²) in [6.45, 7) is 4.81. The maximum absolute atomic E-state index is 8.44. The van der Waals surface area contributed by atoms with Crippen molar-refractivity contribution < 1.29 is 16.5 Å². The molecule has 6 aromatic carbocycles. The Kier molecular flexibility index (Phi) is 10.4. The predicted octanol–water partition coefficient (Wildman–Crippen LogP) is 6.78. The third-order valence-electron chi connectivity index (χ3n) is 11.1. The highest BCUT2D eigenvalue weighted by molar-refractivity contribution is 7.11. The second-order valence-electron chi connectivity index (χ2n) is 15.1. The topological polar surface area (TPSA) is 36.9 Å². The van der Waals surface area contributed by atoms with E-state index in [0.29, 0.717) is 0 Å². The van der Waals surface area contributed by atoms with Crippen LogP contribution in [-0.2, 0) is 16.5 Å². The average molecular weight is 781 g/mol. The maximum atomic E-state index is 8.44. The van der Waals surface area contributed by atoms with Crippen molar-refractivity contribution >= 4 is 73.4 Å². The summed E-state index contributed by atoms with van der Waals surface area (Å²) in [6, 6.07) is 69.2. The lowest BCUT2D eigenvalue weighted by Gasteiger charge is -2.51. The Balaban J connectivity index is 1.47. The van der Waals surface area contributed by atoms with E-state index >= 15 is 0 Å². The summed E-state index contributed by atoms with van der Waals surface area (Å²) in [4.78, 5) is 0. The molecule has 2 fully saturated rings. The summed E-state index contributed by atoms with van der Waals surface area (Å²) >= 11 is 0. The molecule has 2 heterocycles. The van der Waals surface area contributed by atoms with Crippen LogP contribution in [0.2, 0.25) is 37.3 Å². The summed E-state index contributed by atoms with van der Waals surface area (Å²) < 4.78 is 32.7. The zero-order chi connectivity index (χ0) is 36.2. The molecule has 4 nitrogen and oxygen atoms in total. The Bertz CT molecular complexity index is 1830. The molecule has 0 spiro atoms. The van der Waals surface area contributed by atoms with Crippen molar-refractivity contribution in [2.45, 2.75) is 50.1 Å². The Morgan fingerprint density at radius 1 is 0.321 bits per heavy atom. The normalized spacial score (nSPS) is 16.6. The molecule has 0 bridgehead atoms. The molecular formula is C44H48O4Si5. The van der Waals surface area contributed by atoms with E-state index in [0.717, 1.165) is 55.3 Å². The van der Waals surface area contributed by atoms with E-state index in [1.807, 2.05) is 0 Å². The Morgan fingerprint density at radius 3 is 0.717 bits per heavy atom. The van der Waals surface area contributed by atoms with Gasteiger partial charge >= 0.3 is 25.7 Å². The van der Waals surface area contributed by atoms with E-state index < -0.39 is 42.3 Å². The van der Waals surface area contributed by atoms with Crippen LogP contribution in [0.25, 0.3) is 0 Å². The zero-order valence-corrected chi connectivity index (χ0v) is 35.7. The van der Waals surface area contributed by atoms with Gasteiger partial charge in [0.1, 0.15) is 0 Å². The molecule has 2 aliphatic rings. The van der Waals surface area contributed by atoms with Crippen LogP contribution >= 0.6 is 0 Å². The second kappa shape index (κ2) is 15.2. The predicted molar refractivity (Wildman–Crippen MR) is 230 cm³/mol. The first kappa shape index (κ1) is 36.2. The van der Waals surface area contributed by atoms with Gasteiger partial charge < -0.3 is 16.5 Å². The van der Waals surface area contributed by atoms with Gasteiger partial charge in [-0.25, -0.2) is 0 Å². The van der Waals surface area contributed by atoms with E-state index in [-0.39, 0.29) is 0 Å². The van der Waals surface area contributed by atoms with Crippen LogP contribution in [0.3, 0.4) is 0 Å². The molecule has 9 heteroatoms. The lowest BCUT2D eigenvalue weighted by Crippen LogP contribution is -2.82. The highest BCUT2D eigenvalue weighted by atomic mass is 28.5. The van der Waals surface area contributed by atoms with Crippen molar-refractivity contribution in [3.8, 4) is 0 Å². The van der Waals surface area contributed by atoms with Crippen molar-refractivity contribution in [2.75, 3.05) is 0 Å². The monoisotopic (exact) mass is 780 g/mol. The van der Waals surface area contributed by atoms with Crippen LogP contribution in [0, 0.1) is 0 Å². The average Bonchev–Trinajstić information content (AvgIpc) is 3.20. The lowest BCUT2D eigenvalue weighted by atomic mass is 10.4. The minimum atomic E-state index is -3.81. The maximum Gasteiger partial charge on any atom is 0.390 e. The fourth-order valence-electron chi connectivity index (χ4n) is 7.87. The fourth-order valence-corrected chi connectivity index (χ4v) is 33.1. The quantitative estimate of drug-likeness (QED) is 0.114. The summed E-state index contributed by atoms with van der Waals surface area (Å²) in [6.07, 6.45) is 2.39. The van der Waals surface area contributed by atoms with Gasteiger partial charge in [0, 0.05) is 0 Å². The highest BCUT2D eigenvalue weighted by Gasteiger charge is 2.62. The van der Waals surface area contributed by atoms with Crippen molar-refractivity contribution in [3.63, 3.8) is 0 Å². The van der Waals surface area contributed by atoms with Crippen LogP contribution in [0.1, 0.15) is 12.8 Å². The highest BCUT2D eigenvalue weighted by Crippen LogP contribution is 2.39. The van der Waals surface area contributed by atoms with E-state index in [2.05, 4.69) is 195 Å². The molecule has 0 aromatic heterocycles. The first-order valence-corrected chi connectivity index (χ1v) is 30.1. The largest absolute Gasteiger partial charge is 0.430 e. The molecule has 0 unspecified atom stereocenters. The molecule has 8 rings (SSSR count). The van der Waals surface area contributed by atoms with Crippen LogP contribution in [-0.4, -0.2) is 42.3 Å². The van der Waals surface area contributed by atoms with Gasteiger partial charge in [0.25, 0.3) is 0 Å². The summed E-state index contributed by atoms with van der Waals surface area (Å²) in [7, 11) is -15.1. The van der Waals surface area contributed by atoms with Crippen LogP contribution in [0.4, 0.5) is 0 Å². The molecule has 0 atom stereocenters. The molecule has 0 saturated carbocycles. The van der Waals surface area contributed by atoms with Crippen LogP contribution in [0.5, 0.6) is 0 Å². The van der Waals surface area contributed by atoms with E-state index in [4.69, 9.17) is 16.5 Å². The lowest BCUT2D eigenvalue weighted by molar-refractivity contribution is 0.317. The molecule has 2 aliphatic heterocycles.